The molecule has 0 spiro atoms. The third-order valence-corrected chi connectivity index (χ3v) is 5.07. The molecule has 0 heterocycles. The Morgan fingerprint density at radius 2 is 1.07 bits per heavy atom. The highest BCUT2D eigenvalue weighted by atomic mass is 16.6. The molecule has 0 saturated heterocycles. The zero-order valence-corrected chi connectivity index (χ0v) is 23.4. The zero-order valence-electron chi connectivity index (χ0n) is 23.4. The highest BCUT2D eigenvalue weighted by molar-refractivity contribution is 5.92. The summed E-state index contributed by atoms with van der Waals surface area (Å²) in [7, 11) is 0. The quantitative estimate of drug-likeness (QED) is 0.153. The normalized spacial score (nSPS) is 10.3. The minimum absolute atomic E-state index is 0.0201. The molecule has 2 rings (SSSR count). The zero-order chi connectivity index (χ0) is 30.7. The Morgan fingerprint density at radius 1 is 0.595 bits per heavy atom. The van der Waals surface area contributed by atoms with Gasteiger partial charge in [-0.2, -0.15) is 0 Å². The summed E-state index contributed by atoms with van der Waals surface area (Å²) in [6, 6.07) is 12.3. The van der Waals surface area contributed by atoms with Crippen molar-refractivity contribution in [2.24, 2.45) is 0 Å². The Labute approximate surface area is 242 Å². The monoisotopic (exact) mass is 587 g/mol. The summed E-state index contributed by atoms with van der Waals surface area (Å²) in [5.74, 6) is -2.49. The lowest BCUT2D eigenvalue weighted by Crippen LogP contribution is -2.21. The van der Waals surface area contributed by atoms with Crippen LogP contribution < -0.4 is 14.8 Å². The molecule has 0 aliphatic rings. The molecule has 0 aliphatic heterocycles. The van der Waals surface area contributed by atoms with E-state index in [1.54, 1.807) is 26.0 Å². The van der Waals surface area contributed by atoms with Gasteiger partial charge in [0.05, 0.1) is 13.2 Å². The number of benzene rings is 2. The van der Waals surface area contributed by atoms with Crippen molar-refractivity contribution in [1.29, 1.82) is 0 Å². The van der Waals surface area contributed by atoms with E-state index in [1.165, 1.54) is 36.4 Å². The molecule has 42 heavy (non-hydrogen) atoms. The number of ketones is 1. The average molecular weight is 588 g/mol. The van der Waals surface area contributed by atoms with Crippen molar-refractivity contribution in [2.45, 2.75) is 33.1 Å². The fourth-order valence-corrected chi connectivity index (χ4v) is 3.02. The van der Waals surface area contributed by atoms with Gasteiger partial charge in [-0.25, -0.2) is 9.59 Å². The summed E-state index contributed by atoms with van der Waals surface area (Å²) < 4.78 is 30.2. The van der Waals surface area contributed by atoms with Crippen LogP contribution in [0.1, 0.15) is 32.3 Å². The second-order valence-corrected chi connectivity index (χ2v) is 8.51. The van der Waals surface area contributed by atoms with Gasteiger partial charge < -0.3 is 33.7 Å². The number of anilines is 1. The van der Waals surface area contributed by atoms with Crippen LogP contribution in [-0.4, -0.2) is 75.2 Å². The third-order valence-electron chi connectivity index (χ3n) is 5.07. The molecule has 2 aromatic carbocycles. The predicted molar refractivity (Wildman–Crippen MR) is 146 cm³/mol. The number of hydrogen-bond donors (Lipinski definition) is 1. The van der Waals surface area contributed by atoms with E-state index in [4.69, 9.17) is 28.4 Å². The van der Waals surface area contributed by atoms with E-state index in [-0.39, 0.29) is 69.6 Å². The fraction of sp³-hybridized carbons (Fsp3) is 0.379. The van der Waals surface area contributed by atoms with E-state index in [2.05, 4.69) is 5.32 Å². The smallest absolute Gasteiger partial charge is 0.337 e. The van der Waals surface area contributed by atoms with Gasteiger partial charge in [0.2, 0.25) is 0 Å². The first-order valence-electron chi connectivity index (χ1n) is 13.1. The number of carbonyl (C=O) groups is 6. The second-order valence-electron chi connectivity index (χ2n) is 8.51. The largest absolute Gasteiger partial charge is 0.458 e. The number of hydrogen-bond acceptors (Lipinski definition) is 12. The molecule has 226 valence electrons. The van der Waals surface area contributed by atoms with Crippen molar-refractivity contribution in [2.75, 3.05) is 45.0 Å². The Balaban J connectivity index is 1.56. The van der Waals surface area contributed by atoms with Gasteiger partial charge in [0.15, 0.2) is 12.4 Å². The molecule has 2 aromatic rings. The maximum Gasteiger partial charge on any atom is 0.337 e. The first-order chi connectivity index (χ1) is 20.2. The number of Topliss-reactive ketones (excluding diaryl/α,β-unsaturated/α-hetero) is 1. The van der Waals surface area contributed by atoms with E-state index in [0.717, 1.165) is 0 Å². The van der Waals surface area contributed by atoms with E-state index in [1.807, 2.05) is 0 Å². The minimum Gasteiger partial charge on any atom is -0.458 e. The van der Waals surface area contributed by atoms with Crippen molar-refractivity contribution in [1.82, 2.24) is 0 Å². The Kier molecular flexibility index (Phi) is 14.9. The van der Waals surface area contributed by atoms with Gasteiger partial charge in [0.1, 0.15) is 31.3 Å². The average Bonchev–Trinajstić information content (AvgIpc) is 2.98. The molecular weight excluding hydrogens is 554 g/mol. The summed E-state index contributed by atoms with van der Waals surface area (Å²) in [5, 5.41) is 2.54. The molecule has 13 heteroatoms. The van der Waals surface area contributed by atoms with Gasteiger partial charge in [-0.15, -0.1) is 0 Å². The maximum absolute atomic E-state index is 11.9. The summed E-state index contributed by atoms with van der Waals surface area (Å²) >= 11 is 0. The lowest BCUT2D eigenvalue weighted by atomic mass is 10.1. The van der Waals surface area contributed by atoms with Gasteiger partial charge >= 0.3 is 23.9 Å². The number of esters is 4. The van der Waals surface area contributed by atoms with Gasteiger partial charge in [0.25, 0.3) is 5.91 Å². The van der Waals surface area contributed by atoms with Crippen LogP contribution in [0, 0.1) is 0 Å². The van der Waals surface area contributed by atoms with Crippen molar-refractivity contribution in [3.8, 4) is 11.5 Å². The highest BCUT2D eigenvalue weighted by Crippen LogP contribution is 2.16. The van der Waals surface area contributed by atoms with Gasteiger partial charge in [-0.05, 0) is 42.0 Å². The van der Waals surface area contributed by atoms with Crippen molar-refractivity contribution < 1.29 is 57.2 Å². The highest BCUT2D eigenvalue weighted by Gasteiger charge is 2.11. The molecule has 0 atom stereocenters. The minimum atomic E-state index is -0.662. The molecule has 0 radical (unpaired) electrons. The van der Waals surface area contributed by atoms with Gasteiger partial charge in [-0.3, -0.25) is 19.2 Å². The van der Waals surface area contributed by atoms with Crippen molar-refractivity contribution >= 4 is 41.3 Å². The maximum atomic E-state index is 11.9. The molecule has 0 saturated carbocycles. The molecule has 0 aromatic heterocycles. The number of carbonyl (C=O) groups excluding carboxylic acids is 6. The molecule has 13 nitrogen and oxygen atoms in total. The van der Waals surface area contributed by atoms with Gasteiger partial charge in [-0.1, -0.05) is 26.0 Å². The topological polar surface area (TPSA) is 170 Å². The fourth-order valence-electron chi connectivity index (χ4n) is 3.02. The Morgan fingerprint density at radius 3 is 1.57 bits per heavy atom. The number of nitrogens with one attached hydrogen (secondary N) is 1. The third kappa shape index (κ3) is 14.1. The molecule has 1 N–H and O–H groups in total. The van der Waals surface area contributed by atoms with E-state index in [0.29, 0.717) is 11.3 Å². The van der Waals surface area contributed by atoms with Crippen LogP contribution in [0.4, 0.5) is 5.69 Å². The van der Waals surface area contributed by atoms with Crippen LogP contribution in [0.5, 0.6) is 11.5 Å². The summed E-state index contributed by atoms with van der Waals surface area (Å²) in [5.41, 5.74) is 1.10. The number of rotatable bonds is 18. The van der Waals surface area contributed by atoms with Gasteiger partial charge in [0, 0.05) is 24.9 Å². The molecule has 0 fully saturated rings. The summed E-state index contributed by atoms with van der Waals surface area (Å²) in [6.07, 6.45) is 0.446. The summed E-state index contributed by atoms with van der Waals surface area (Å²) in [4.78, 5) is 69.7. The van der Waals surface area contributed by atoms with Crippen LogP contribution in [0.3, 0.4) is 0 Å². The standard InChI is InChI=1S/C29H33NO12/c1-3-26(33)39-16-22(31)15-20-5-9-23(10-6-20)41-28(35)18-37-13-14-38-19-29(36)42-24-11-7-21(8-12-24)30-25(32)17-40-27(34)4-2/h5-12H,3-4,13-19H2,1-2H3,(H,30,32). The van der Waals surface area contributed by atoms with E-state index in [9.17, 15) is 28.8 Å². The molecule has 1 amide bonds. The first-order valence-corrected chi connectivity index (χ1v) is 13.1. The lowest BCUT2D eigenvalue weighted by molar-refractivity contribution is -0.147. The van der Waals surface area contributed by atoms with Crippen LogP contribution >= 0.6 is 0 Å². The van der Waals surface area contributed by atoms with Crippen LogP contribution in [-0.2, 0) is 54.1 Å². The SMILES string of the molecule is CCC(=O)OCC(=O)Cc1ccc(OC(=O)COCCOCC(=O)Oc2ccc(NC(=O)COC(=O)CC)cc2)cc1. The van der Waals surface area contributed by atoms with Crippen LogP contribution in [0.2, 0.25) is 0 Å². The van der Waals surface area contributed by atoms with E-state index >= 15 is 0 Å². The number of amides is 1. The lowest BCUT2D eigenvalue weighted by Gasteiger charge is -2.09. The van der Waals surface area contributed by atoms with Crippen molar-refractivity contribution in [3.05, 3.63) is 54.1 Å². The second kappa shape index (κ2) is 18.7. The molecule has 0 aliphatic carbocycles. The van der Waals surface area contributed by atoms with Crippen LogP contribution in [0.15, 0.2) is 48.5 Å². The summed E-state index contributed by atoms with van der Waals surface area (Å²) in [6.45, 7) is 1.91. The van der Waals surface area contributed by atoms with Crippen molar-refractivity contribution in [3.63, 3.8) is 0 Å². The number of ether oxygens (including phenoxy) is 6. The van der Waals surface area contributed by atoms with Crippen LogP contribution in [0.25, 0.3) is 0 Å². The molecular formula is C29H33NO12. The molecule has 0 unspecified atom stereocenters. The Hall–Kier alpha value is -4.62. The first kappa shape index (κ1) is 33.6. The Bertz CT molecular complexity index is 1110. The van der Waals surface area contributed by atoms with E-state index < -0.39 is 36.4 Å². The molecule has 0 bridgehead atoms. The predicted octanol–water partition coefficient (Wildman–Crippen LogP) is 2.19.